The lowest BCUT2D eigenvalue weighted by atomic mass is 10.0. The van der Waals surface area contributed by atoms with Gasteiger partial charge in [0.2, 0.25) is 0 Å². The molecule has 0 unspecified atom stereocenters. The number of fused-ring (bicyclic) bond motifs is 2. The Hall–Kier alpha value is -4.11. The summed E-state index contributed by atoms with van der Waals surface area (Å²) in [5.74, 6) is 0.974. The van der Waals surface area contributed by atoms with Gasteiger partial charge in [0.15, 0.2) is 0 Å². The second kappa shape index (κ2) is 6.99. The predicted molar refractivity (Wildman–Crippen MR) is 130 cm³/mol. The van der Waals surface area contributed by atoms with Crippen LogP contribution in [0.2, 0.25) is 0 Å². The van der Waals surface area contributed by atoms with Crippen molar-refractivity contribution in [3.63, 3.8) is 0 Å². The number of hydrogen-bond donors (Lipinski definition) is 0. The molecule has 5 aromatic rings. The molecule has 6 rings (SSSR count). The standard InChI is InChI=1S/C28H21N3/c1-30-24-16-9-15-23-27(24)31(28(29-23)22-12-6-3-7-13-22)25-17-8-14-21(26(25)30)19-18-20-10-4-2-5-11-20/h2-19H,1H3/b19-18+. The van der Waals surface area contributed by atoms with Gasteiger partial charge in [-0.1, -0.05) is 91.0 Å². The average molecular weight is 399 g/mol. The predicted octanol–water partition coefficient (Wildman–Crippen LogP) is 6.94. The highest BCUT2D eigenvalue weighted by Crippen LogP contribution is 2.45. The van der Waals surface area contributed by atoms with Gasteiger partial charge in [-0.2, -0.15) is 0 Å². The van der Waals surface area contributed by atoms with Crippen LogP contribution in [-0.4, -0.2) is 16.6 Å². The molecule has 0 atom stereocenters. The zero-order valence-corrected chi connectivity index (χ0v) is 17.2. The lowest BCUT2D eigenvalue weighted by Gasteiger charge is -2.31. The van der Waals surface area contributed by atoms with Gasteiger partial charge in [-0.25, -0.2) is 4.98 Å². The first-order valence-electron chi connectivity index (χ1n) is 10.5. The molecule has 0 saturated heterocycles. The molecule has 0 amide bonds. The van der Waals surface area contributed by atoms with Crippen molar-refractivity contribution in [2.24, 2.45) is 0 Å². The van der Waals surface area contributed by atoms with E-state index in [1.807, 2.05) is 12.1 Å². The number of benzene rings is 4. The third-order valence-electron chi connectivity index (χ3n) is 5.93. The lowest BCUT2D eigenvalue weighted by molar-refractivity contribution is 1.04. The molecule has 1 aromatic heterocycles. The van der Waals surface area contributed by atoms with Crippen molar-refractivity contribution in [3.05, 3.63) is 108 Å². The number of aromatic nitrogens is 2. The summed E-state index contributed by atoms with van der Waals surface area (Å²) in [5, 5.41) is 0. The SMILES string of the molecule is CN1c2c(/C=C/c3ccccc3)cccc2-n2c(-c3ccccc3)nc3cccc1c32. The summed E-state index contributed by atoms with van der Waals surface area (Å²) in [5.41, 5.74) is 9.15. The van der Waals surface area contributed by atoms with E-state index in [4.69, 9.17) is 4.98 Å². The Morgan fingerprint density at radius 2 is 1.39 bits per heavy atom. The van der Waals surface area contributed by atoms with Gasteiger partial charge in [-0.3, -0.25) is 4.57 Å². The first-order valence-corrected chi connectivity index (χ1v) is 10.5. The molecular formula is C28H21N3. The molecule has 31 heavy (non-hydrogen) atoms. The Morgan fingerprint density at radius 3 is 2.19 bits per heavy atom. The third-order valence-corrected chi connectivity index (χ3v) is 5.93. The molecule has 4 aromatic carbocycles. The van der Waals surface area contributed by atoms with Crippen LogP contribution in [0.15, 0.2) is 97.1 Å². The smallest absolute Gasteiger partial charge is 0.145 e. The molecule has 0 aliphatic carbocycles. The van der Waals surface area contributed by atoms with Gasteiger partial charge in [-0.15, -0.1) is 0 Å². The fourth-order valence-electron chi connectivity index (χ4n) is 4.49. The summed E-state index contributed by atoms with van der Waals surface area (Å²) in [6.45, 7) is 0. The molecule has 0 spiro atoms. The molecule has 3 nitrogen and oxygen atoms in total. The average Bonchev–Trinajstić information content (AvgIpc) is 3.23. The first kappa shape index (κ1) is 17.7. The molecule has 1 aliphatic rings. The maximum atomic E-state index is 5.03. The minimum atomic E-state index is 0.974. The summed E-state index contributed by atoms with van der Waals surface area (Å²) in [6.07, 6.45) is 4.38. The van der Waals surface area contributed by atoms with Crippen molar-refractivity contribution in [2.75, 3.05) is 11.9 Å². The van der Waals surface area contributed by atoms with Crippen LogP contribution in [0.25, 0.3) is 40.3 Å². The molecule has 0 N–H and O–H groups in total. The molecule has 3 heteroatoms. The Kier molecular flexibility index (Phi) is 4.00. The number of anilines is 2. The third kappa shape index (κ3) is 2.78. The van der Waals surface area contributed by atoms with Crippen LogP contribution in [0.1, 0.15) is 11.1 Å². The quantitative estimate of drug-likeness (QED) is 0.306. The largest absolute Gasteiger partial charge is 0.341 e. The zero-order valence-electron chi connectivity index (χ0n) is 17.2. The van der Waals surface area contributed by atoms with Gasteiger partial charge in [0.25, 0.3) is 0 Å². The molecule has 148 valence electrons. The van der Waals surface area contributed by atoms with Crippen LogP contribution in [0.3, 0.4) is 0 Å². The maximum Gasteiger partial charge on any atom is 0.145 e. The summed E-state index contributed by atoms with van der Waals surface area (Å²) in [7, 11) is 2.14. The van der Waals surface area contributed by atoms with E-state index in [1.54, 1.807) is 0 Å². The highest BCUT2D eigenvalue weighted by Gasteiger charge is 2.27. The summed E-state index contributed by atoms with van der Waals surface area (Å²) in [6, 6.07) is 33.7. The van der Waals surface area contributed by atoms with Gasteiger partial charge >= 0.3 is 0 Å². The van der Waals surface area contributed by atoms with E-state index in [2.05, 4.69) is 114 Å². The molecule has 1 aliphatic heterocycles. The molecule has 0 radical (unpaired) electrons. The van der Waals surface area contributed by atoms with Crippen molar-refractivity contribution in [1.82, 2.24) is 9.55 Å². The summed E-state index contributed by atoms with van der Waals surface area (Å²) < 4.78 is 2.31. The highest BCUT2D eigenvalue weighted by atomic mass is 15.2. The molecule has 0 bridgehead atoms. The van der Waals surface area contributed by atoms with E-state index in [1.165, 1.54) is 22.5 Å². The Morgan fingerprint density at radius 1 is 0.677 bits per heavy atom. The minimum Gasteiger partial charge on any atom is -0.341 e. The second-order valence-electron chi connectivity index (χ2n) is 7.80. The number of nitrogens with zero attached hydrogens (tertiary/aromatic N) is 3. The van der Waals surface area contributed by atoms with Gasteiger partial charge in [0.05, 0.1) is 28.1 Å². The van der Waals surface area contributed by atoms with Crippen LogP contribution < -0.4 is 4.90 Å². The van der Waals surface area contributed by atoms with Crippen molar-refractivity contribution >= 4 is 34.6 Å². The Bertz CT molecular complexity index is 1430. The molecule has 2 heterocycles. The monoisotopic (exact) mass is 399 g/mol. The number of imidazole rings is 1. The van der Waals surface area contributed by atoms with Crippen LogP contribution in [0.5, 0.6) is 0 Å². The Balaban J connectivity index is 1.61. The fourth-order valence-corrected chi connectivity index (χ4v) is 4.49. The van der Waals surface area contributed by atoms with Crippen molar-refractivity contribution < 1.29 is 0 Å². The molecular weight excluding hydrogens is 378 g/mol. The first-order chi connectivity index (χ1) is 15.3. The van der Waals surface area contributed by atoms with E-state index in [0.29, 0.717) is 0 Å². The zero-order chi connectivity index (χ0) is 20.8. The van der Waals surface area contributed by atoms with E-state index in [9.17, 15) is 0 Å². The van der Waals surface area contributed by atoms with E-state index in [-0.39, 0.29) is 0 Å². The minimum absolute atomic E-state index is 0.974. The van der Waals surface area contributed by atoms with Crippen LogP contribution in [0.4, 0.5) is 11.4 Å². The normalized spacial score (nSPS) is 12.5. The topological polar surface area (TPSA) is 21.1 Å². The van der Waals surface area contributed by atoms with Crippen LogP contribution >= 0.6 is 0 Å². The number of para-hydroxylation sites is 2. The van der Waals surface area contributed by atoms with E-state index in [0.717, 1.165) is 28.1 Å². The van der Waals surface area contributed by atoms with Gasteiger partial charge in [0, 0.05) is 18.2 Å². The number of hydrogen-bond acceptors (Lipinski definition) is 2. The van der Waals surface area contributed by atoms with Crippen molar-refractivity contribution in [2.45, 2.75) is 0 Å². The van der Waals surface area contributed by atoms with Gasteiger partial charge in [-0.05, 0) is 23.8 Å². The lowest BCUT2D eigenvalue weighted by Crippen LogP contribution is -2.19. The van der Waals surface area contributed by atoms with E-state index < -0.39 is 0 Å². The second-order valence-corrected chi connectivity index (χ2v) is 7.80. The van der Waals surface area contributed by atoms with Crippen molar-refractivity contribution in [3.8, 4) is 17.1 Å². The van der Waals surface area contributed by atoms with Crippen LogP contribution in [0, 0.1) is 0 Å². The fraction of sp³-hybridized carbons (Fsp3) is 0.0357. The number of rotatable bonds is 3. The molecule has 0 saturated carbocycles. The highest BCUT2D eigenvalue weighted by molar-refractivity contribution is 6.01. The molecule has 0 fully saturated rings. The van der Waals surface area contributed by atoms with Gasteiger partial charge < -0.3 is 4.90 Å². The van der Waals surface area contributed by atoms with Gasteiger partial charge in [0.1, 0.15) is 5.82 Å². The maximum absolute atomic E-state index is 5.03. The van der Waals surface area contributed by atoms with E-state index >= 15 is 0 Å². The Labute approximate surface area is 181 Å². The summed E-state index contributed by atoms with van der Waals surface area (Å²) >= 11 is 0. The van der Waals surface area contributed by atoms with Crippen LogP contribution in [-0.2, 0) is 0 Å². The summed E-state index contributed by atoms with van der Waals surface area (Å²) in [4.78, 5) is 7.32. The van der Waals surface area contributed by atoms with Crippen molar-refractivity contribution in [1.29, 1.82) is 0 Å².